The van der Waals surface area contributed by atoms with Crippen molar-refractivity contribution in [2.24, 2.45) is 22.2 Å². The quantitative estimate of drug-likeness (QED) is 0.652. The zero-order valence-electron chi connectivity index (χ0n) is 9.13. The number of hydrogen-bond donors (Lipinski definition) is 2. The Bertz CT molecular complexity index is 260. The van der Waals surface area contributed by atoms with E-state index in [4.69, 9.17) is 5.73 Å². The molecule has 14 heavy (non-hydrogen) atoms. The Labute approximate surface area is 84.9 Å². The molecule has 1 rings (SSSR count). The third kappa shape index (κ3) is 2.05. The summed E-state index contributed by atoms with van der Waals surface area (Å²) in [5, 5.41) is 4.09. The van der Waals surface area contributed by atoms with Gasteiger partial charge in [0.1, 0.15) is 0 Å². The minimum absolute atomic E-state index is 0.127. The molecule has 1 aliphatic rings. The standard InChI is InChI=1S/C10H19N3O/c1-7(2)10(3)6-4-5-8(10)12-13-9(11)14/h7H,4-6H2,1-3H3,(H3,11,13,14)/b12-8-. The molecule has 2 amide bonds. The van der Waals surface area contributed by atoms with Crippen LogP contribution in [0.3, 0.4) is 0 Å². The molecule has 0 aromatic carbocycles. The van der Waals surface area contributed by atoms with Crippen LogP contribution >= 0.6 is 0 Å². The number of carbonyl (C=O) groups excluding carboxylic acids is 1. The largest absolute Gasteiger partial charge is 0.350 e. The Hall–Kier alpha value is -1.06. The summed E-state index contributed by atoms with van der Waals surface area (Å²) in [5.74, 6) is 0.540. The highest BCUT2D eigenvalue weighted by molar-refractivity contribution is 5.92. The first-order chi connectivity index (χ1) is 6.47. The Morgan fingerprint density at radius 2 is 2.29 bits per heavy atom. The van der Waals surface area contributed by atoms with Gasteiger partial charge < -0.3 is 5.73 Å². The number of urea groups is 1. The molecule has 0 aliphatic heterocycles. The van der Waals surface area contributed by atoms with Gasteiger partial charge in [-0.1, -0.05) is 20.8 Å². The van der Waals surface area contributed by atoms with E-state index in [0.717, 1.165) is 25.0 Å². The zero-order valence-corrected chi connectivity index (χ0v) is 9.13. The number of hydrazone groups is 1. The molecule has 1 atom stereocenters. The summed E-state index contributed by atoms with van der Waals surface area (Å²) < 4.78 is 0. The topological polar surface area (TPSA) is 67.5 Å². The van der Waals surface area contributed by atoms with Crippen LogP contribution in [0.5, 0.6) is 0 Å². The molecule has 1 fully saturated rings. The molecule has 1 unspecified atom stereocenters. The van der Waals surface area contributed by atoms with Crippen LogP contribution in [0.15, 0.2) is 5.10 Å². The highest BCUT2D eigenvalue weighted by Gasteiger charge is 2.38. The summed E-state index contributed by atoms with van der Waals surface area (Å²) in [6.07, 6.45) is 3.26. The van der Waals surface area contributed by atoms with E-state index in [2.05, 4.69) is 31.3 Å². The third-order valence-corrected chi connectivity index (χ3v) is 3.34. The lowest BCUT2D eigenvalue weighted by Gasteiger charge is -2.29. The molecule has 1 aliphatic carbocycles. The van der Waals surface area contributed by atoms with Gasteiger partial charge in [0.25, 0.3) is 0 Å². The van der Waals surface area contributed by atoms with Crippen LogP contribution in [0.1, 0.15) is 40.0 Å². The van der Waals surface area contributed by atoms with Gasteiger partial charge in [-0.3, -0.25) is 0 Å². The van der Waals surface area contributed by atoms with Crippen molar-refractivity contribution in [1.82, 2.24) is 5.43 Å². The molecule has 4 heteroatoms. The Morgan fingerprint density at radius 1 is 1.64 bits per heavy atom. The molecule has 0 bridgehead atoms. The van der Waals surface area contributed by atoms with E-state index in [1.165, 1.54) is 0 Å². The summed E-state index contributed by atoms with van der Waals surface area (Å²) in [6.45, 7) is 6.57. The number of rotatable bonds is 2. The lowest BCUT2D eigenvalue weighted by atomic mass is 9.76. The number of nitrogens with one attached hydrogen (secondary N) is 1. The van der Waals surface area contributed by atoms with Crippen LogP contribution in [-0.4, -0.2) is 11.7 Å². The molecular formula is C10H19N3O. The molecule has 0 radical (unpaired) electrons. The van der Waals surface area contributed by atoms with Crippen molar-refractivity contribution >= 4 is 11.7 Å². The number of nitrogens with zero attached hydrogens (tertiary/aromatic N) is 1. The van der Waals surface area contributed by atoms with Crippen molar-refractivity contribution in [2.75, 3.05) is 0 Å². The van der Waals surface area contributed by atoms with E-state index in [1.54, 1.807) is 0 Å². The van der Waals surface area contributed by atoms with Gasteiger partial charge >= 0.3 is 6.03 Å². The van der Waals surface area contributed by atoms with Gasteiger partial charge in [-0.05, 0) is 25.2 Å². The number of carbonyl (C=O) groups is 1. The van der Waals surface area contributed by atoms with E-state index >= 15 is 0 Å². The highest BCUT2D eigenvalue weighted by atomic mass is 16.2. The number of hydrogen-bond acceptors (Lipinski definition) is 2. The Kier molecular flexibility index (Phi) is 3.13. The maximum Gasteiger partial charge on any atom is 0.332 e. The van der Waals surface area contributed by atoms with Crippen LogP contribution in [0, 0.1) is 11.3 Å². The summed E-state index contributed by atoms with van der Waals surface area (Å²) in [5.41, 5.74) is 8.51. The van der Waals surface area contributed by atoms with Crippen LogP contribution in [0.4, 0.5) is 4.79 Å². The predicted molar refractivity (Wildman–Crippen MR) is 57.0 cm³/mol. The SMILES string of the molecule is CC(C)C1(C)CCC/C1=N/NC(N)=O. The fraction of sp³-hybridized carbons (Fsp3) is 0.800. The second-order valence-electron chi connectivity index (χ2n) is 4.46. The van der Waals surface area contributed by atoms with E-state index in [0.29, 0.717) is 5.92 Å². The normalized spacial score (nSPS) is 29.9. The molecule has 3 N–H and O–H groups in total. The molecule has 80 valence electrons. The smallest absolute Gasteiger partial charge is 0.332 e. The summed E-state index contributed by atoms with van der Waals surface area (Å²) in [6, 6.07) is -0.587. The number of amides is 2. The molecule has 1 saturated carbocycles. The Morgan fingerprint density at radius 3 is 2.79 bits per heavy atom. The average molecular weight is 197 g/mol. The van der Waals surface area contributed by atoms with E-state index < -0.39 is 6.03 Å². The first-order valence-corrected chi connectivity index (χ1v) is 5.09. The van der Waals surface area contributed by atoms with Crippen LogP contribution in [-0.2, 0) is 0 Å². The lowest BCUT2D eigenvalue weighted by molar-refractivity contribution is 0.249. The van der Waals surface area contributed by atoms with Gasteiger partial charge in [0.2, 0.25) is 0 Å². The maximum atomic E-state index is 10.5. The number of primary amides is 1. The molecule has 0 heterocycles. The van der Waals surface area contributed by atoms with Crippen LogP contribution in [0.2, 0.25) is 0 Å². The summed E-state index contributed by atoms with van der Waals surface area (Å²) in [4.78, 5) is 10.5. The van der Waals surface area contributed by atoms with Gasteiger partial charge in [0, 0.05) is 11.1 Å². The van der Waals surface area contributed by atoms with Crippen LogP contribution in [0.25, 0.3) is 0 Å². The fourth-order valence-electron chi connectivity index (χ4n) is 1.98. The first-order valence-electron chi connectivity index (χ1n) is 5.09. The van der Waals surface area contributed by atoms with Gasteiger partial charge in [-0.25, -0.2) is 10.2 Å². The van der Waals surface area contributed by atoms with Gasteiger partial charge in [-0.15, -0.1) is 0 Å². The molecule has 0 saturated heterocycles. The molecule has 4 nitrogen and oxygen atoms in total. The van der Waals surface area contributed by atoms with Crippen molar-refractivity contribution in [3.8, 4) is 0 Å². The molecular weight excluding hydrogens is 178 g/mol. The van der Waals surface area contributed by atoms with E-state index in [1.807, 2.05) is 0 Å². The van der Waals surface area contributed by atoms with E-state index in [9.17, 15) is 4.79 Å². The molecule has 0 aromatic rings. The first kappa shape index (κ1) is 11.0. The van der Waals surface area contributed by atoms with Crippen molar-refractivity contribution in [3.63, 3.8) is 0 Å². The minimum Gasteiger partial charge on any atom is -0.350 e. The maximum absolute atomic E-state index is 10.5. The van der Waals surface area contributed by atoms with Crippen molar-refractivity contribution in [3.05, 3.63) is 0 Å². The number of nitrogens with two attached hydrogens (primary N) is 1. The third-order valence-electron chi connectivity index (χ3n) is 3.34. The second-order valence-corrected chi connectivity index (χ2v) is 4.46. The summed E-state index contributed by atoms with van der Waals surface area (Å²) >= 11 is 0. The van der Waals surface area contributed by atoms with Crippen molar-refractivity contribution in [1.29, 1.82) is 0 Å². The van der Waals surface area contributed by atoms with Gasteiger partial charge in [0.15, 0.2) is 0 Å². The highest BCUT2D eigenvalue weighted by Crippen LogP contribution is 2.41. The minimum atomic E-state index is -0.587. The molecule has 0 aromatic heterocycles. The summed E-state index contributed by atoms with van der Waals surface area (Å²) in [7, 11) is 0. The second kappa shape index (κ2) is 3.98. The van der Waals surface area contributed by atoms with Crippen molar-refractivity contribution < 1.29 is 4.79 Å². The average Bonchev–Trinajstić information content (AvgIpc) is 2.45. The zero-order chi connectivity index (χ0) is 10.8. The fourth-order valence-corrected chi connectivity index (χ4v) is 1.98. The van der Waals surface area contributed by atoms with Crippen LogP contribution < -0.4 is 11.2 Å². The predicted octanol–water partition coefficient (Wildman–Crippen LogP) is 1.86. The molecule has 0 spiro atoms. The van der Waals surface area contributed by atoms with Crippen molar-refractivity contribution in [2.45, 2.75) is 40.0 Å². The van der Waals surface area contributed by atoms with E-state index in [-0.39, 0.29) is 5.41 Å². The lowest BCUT2D eigenvalue weighted by Crippen LogP contribution is -2.32. The monoisotopic (exact) mass is 197 g/mol. The van der Waals surface area contributed by atoms with Gasteiger partial charge in [0.05, 0.1) is 0 Å². The Balaban J connectivity index is 2.77. The van der Waals surface area contributed by atoms with Gasteiger partial charge in [-0.2, -0.15) is 5.10 Å².